The average molecular weight is 251 g/mol. The molecule has 0 spiro atoms. The van der Waals surface area contributed by atoms with E-state index in [-0.39, 0.29) is 6.17 Å². The molecule has 0 aromatic rings. The van der Waals surface area contributed by atoms with Crippen LogP contribution in [0.2, 0.25) is 0 Å². The summed E-state index contributed by atoms with van der Waals surface area (Å²) in [6.07, 6.45) is 5.29. The van der Waals surface area contributed by atoms with E-state index in [2.05, 4.69) is 29.0 Å². The molecule has 3 rings (SSSR count). The Morgan fingerprint density at radius 3 is 2.83 bits per heavy atom. The van der Waals surface area contributed by atoms with Crippen LogP contribution in [0.4, 0.5) is 0 Å². The summed E-state index contributed by atoms with van der Waals surface area (Å²) in [5.74, 6) is 0.809. The van der Waals surface area contributed by atoms with Gasteiger partial charge in [0.1, 0.15) is 0 Å². The van der Waals surface area contributed by atoms with E-state index in [1.807, 2.05) is 0 Å². The Labute approximate surface area is 110 Å². The normalized spacial score (nSPS) is 37.6. The van der Waals surface area contributed by atoms with Gasteiger partial charge in [0.15, 0.2) is 0 Å². The summed E-state index contributed by atoms with van der Waals surface area (Å²) in [4.78, 5) is 16.9. The summed E-state index contributed by atoms with van der Waals surface area (Å²) in [5, 5.41) is 3.38. The highest BCUT2D eigenvalue weighted by molar-refractivity contribution is 5.81. The summed E-state index contributed by atoms with van der Waals surface area (Å²) in [5.41, 5.74) is 0. The van der Waals surface area contributed by atoms with Crippen molar-refractivity contribution >= 4 is 5.91 Å². The predicted octanol–water partition coefficient (Wildman–Crippen LogP) is 1.03. The Bertz CT molecular complexity index is 331. The lowest BCUT2D eigenvalue weighted by molar-refractivity contribution is -0.132. The molecular weight excluding hydrogens is 226 g/mol. The Hall–Kier alpha value is -0.610. The molecule has 3 saturated heterocycles. The zero-order valence-electron chi connectivity index (χ0n) is 11.6. The van der Waals surface area contributed by atoms with E-state index in [1.165, 1.54) is 32.4 Å². The van der Waals surface area contributed by atoms with Gasteiger partial charge in [-0.2, -0.15) is 0 Å². The van der Waals surface area contributed by atoms with Crippen LogP contribution in [-0.2, 0) is 4.79 Å². The molecule has 0 aliphatic carbocycles. The summed E-state index contributed by atoms with van der Waals surface area (Å²) in [6.45, 7) is 7.40. The first kappa shape index (κ1) is 12.4. The van der Waals surface area contributed by atoms with E-state index in [9.17, 15) is 4.79 Å². The standard InChI is InChI=1S/C14H25N3O/c1-10(2)14-15-9-13(18)17(14)12-5-7-16-6-3-4-11(16)8-12/h10-12,14-15H,3-9H2,1-2H3. The van der Waals surface area contributed by atoms with Gasteiger partial charge in [-0.05, 0) is 38.1 Å². The van der Waals surface area contributed by atoms with E-state index in [4.69, 9.17) is 0 Å². The average Bonchev–Trinajstić information content (AvgIpc) is 2.93. The van der Waals surface area contributed by atoms with Crippen molar-refractivity contribution in [1.29, 1.82) is 0 Å². The lowest BCUT2D eigenvalue weighted by atomic mass is 9.95. The van der Waals surface area contributed by atoms with Crippen LogP contribution < -0.4 is 5.32 Å². The van der Waals surface area contributed by atoms with E-state index < -0.39 is 0 Å². The fraction of sp³-hybridized carbons (Fsp3) is 0.929. The Morgan fingerprint density at radius 1 is 1.22 bits per heavy atom. The molecule has 4 heteroatoms. The molecule has 0 aromatic carbocycles. The number of hydrogen-bond donors (Lipinski definition) is 1. The maximum Gasteiger partial charge on any atom is 0.238 e. The van der Waals surface area contributed by atoms with Gasteiger partial charge in [0.2, 0.25) is 5.91 Å². The lowest BCUT2D eigenvalue weighted by Crippen LogP contribution is -2.53. The number of nitrogens with one attached hydrogen (secondary N) is 1. The second-order valence-corrected chi connectivity index (χ2v) is 6.38. The second-order valence-electron chi connectivity index (χ2n) is 6.38. The SMILES string of the molecule is CC(C)C1NCC(=O)N1C1CCN2CCCC2C1. The molecule has 3 heterocycles. The van der Waals surface area contributed by atoms with Crippen molar-refractivity contribution in [1.82, 2.24) is 15.1 Å². The maximum absolute atomic E-state index is 12.1. The summed E-state index contributed by atoms with van der Waals surface area (Å²) < 4.78 is 0. The third-order valence-corrected chi connectivity index (χ3v) is 4.87. The minimum absolute atomic E-state index is 0.260. The molecule has 0 aromatic heterocycles. The van der Waals surface area contributed by atoms with Crippen LogP contribution in [0.5, 0.6) is 0 Å². The van der Waals surface area contributed by atoms with Gasteiger partial charge in [-0.15, -0.1) is 0 Å². The van der Waals surface area contributed by atoms with E-state index in [0.717, 1.165) is 12.5 Å². The molecule has 0 bridgehead atoms. The van der Waals surface area contributed by atoms with Gasteiger partial charge < -0.3 is 9.80 Å². The van der Waals surface area contributed by atoms with Crippen molar-refractivity contribution in [3.63, 3.8) is 0 Å². The highest BCUT2D eigenvalue weighted by atomic mass is 16.2. The summed E-state index contributed by atoms with van der Waals surface area (Å²) in [7, 11) is 0. The lowest BCUT2D eigenvalue weighted by Gasteiger charge is -2.42. The van der Waals surface area contributed by atoms with Crippen molar-refractivity contribution in [2.45, 2.75) is 57.8 Å². The van der Waals surface area contributed by atoms with E-state index >= 15 is 0 Å². The smallest absolute Gasteiger partial charge is 0.238 e. The number of fused-ring (bicyclic) bond motifs is 1. The number of rotatable bonds is 2. The van der Waals surface area contributed by atoms with Crippen molar-refractivity contribution in [3.05, 3.63) is 0 Å². The number of carbonyl (C=O) groups is 1. The molecule has 3 unspecified atom stereocenters. The second kappa shape index (κ2) is 4.82. The van der Waals surface area contributed by atoms with Gasteiger partial charge >= 0.3 is 0 Å². The number of nitrogens with zero attached hydrogens (tertiary/aromatic N) is 2. The van der Waals surface area contributed by atoms with Gasteiger partial charge in [0.25, 0.3) is 0 Å². The fourth-order valence-electron chi connectivity index (χ4n) is 3.98. The van der Waals surface area contributed by atoms with Crippen LogP contribution >= 0.6 is 0 Å². The summed E-state index contributed by atoms with van der Waals surface area (Å²) in [6, 6.07) is 1.21. The number of carbonyl (C=O) groups excluding carboxylic acids is 1. The molecule has 4 nitrogen and oxygen atoms in total. The number of amides is 1. The quantitative estimate of drug-likeness (QED) is 0.796. The van der Waals surface area contributed by atoms with E-state index in [1.54, 1.807) is 0 Å². The zero-order valence-corrected chi connectivity index (χ0v) is 11.6. The number of piperidine rings is 1. The van der Waals surface area contributed by atoms with Crippen molar-refractivity contribution in [2.75, 3.05) is 19.6 Å². The third kappa shape index (κ3) is 2.05. The minimum Gasteiger partial charge on any atom is -0.323 e. The van der Waals surface area contributed by atoms with E-state index in [0.29, 0.717) is 24.4 Å². The first-order valence-corrected chi connectivity index (χ1v) is 7.45. The molecule has 3 aliphatic rings. The first-order chi connectivity index (χ1) is 8.66. The van der Waals surface area contributed by atoms with Crippen LogP contribution in [0, 0.1) is 5.92 Å². The molecule has 102 valence electrons. The molecule has 1 N–H and O–H groups in total. The van der Waals surface area contributed by atoms with Crippen molar-refractivity contribution < 1.29 is 4.79 Å². The molecule has 3 fully saturated rings. The summed E-state index contributed by atoms with van der Waals surface area (Å²) >= 11 is 0. The largest absolute Gasteiger partial charge is 0.323 e. The van der Waals surface area contributed by atoms with Crippen LogP contribution in [0.15, 0.2) is 0 Å². The Morgan fingerprint density at radius 2 is 2.06 bits per heavy atom. The van der Waals surface area contributed by atoms with Gasteiger partial charge in [0, 0.05) is 18.6 Å². The van der Waals surface area contributed by atoms with Gasteiger partial charge in [-0.1, -0.05) is 13.8 Å². The molecule has 0 radical (unpaired) electrons. The van der Waals surface area contributed by atoms with Gasteiger partial charge in [-0.25, -0.2) is 0 Å². The molecule has 3 atom stereocenters. The first-order valence-electron chi connectivity index (χ1n) is 7.45. The van der Waals surface area contributed by atoms with Gasteiger partial charge in [0.05, 0.1) is 12.7 Å². The van der Waals surface area contributed by atoms with Crippen LogP contribution in [0.25, 0.3) is 0 Å². The minimum atomic E-state index is 0.260. The Balaban J connectivity index is 1.71. The van der Waals surface area contributed by atoms with Crippen molar-refractivity contribution in [2.24, 2.45) is 5.92 Å². The highest BCUT2D eigenvalue weighted by Gasteiger charge is 2.41. The van der Waals surface area contributed by atoms with Gasteiger partial charge in [-0.3, -0.25) is 10.1 Å². The van der Waals surface area contributed by atoms with Crippen molar-refractivity contribution in [3.8, 4) is 0 Å². The third-order valence-electron chi connectivity index (χ3n) is 4.87. The molecule has 18 heavy (non-hydrogen) atoms. The molecule has 0 saturated carbocycles. The fourth-order valence-corrected chi connectivity index (χ4v) is 3.98. The predicted molar refractivity (Wildman–Crippen MR) is 71.1 cm³/mol. The Kier molecular flexibility index (Phi) is 3.32. The van der Waals surface area contributed by atoms with Crippen LogP contribution in [0.3, 0.4) is 0 Å². The maximum atomic E-state index is 12.1. The van der Waals surface area contributed by atoms with Crippen LogP contribution in [-0.4, -0.2) is 53.6 Å². The highest BCUT2D eigenvalue weighted by Crippen LogP contribution is 2.31. The van der Waals surface area contributed by atoms with Crippen LogP contribution in [0.1, 0.15) is 39.5 Å². The molecule has 1 amide bonds. The zero-order chi connectivity index (χ0) is 12.7. The topological polar surface area (TPSA) is 35.6 Å². The molecular formula is C14H25N3O. The molecule has 3 aliphatic heterocycles. The monoisotopic (exact) mass is 251 g/mol. The number of hydrogen-bond acceptors (Lipinski definition) is 3.